The lowest BCUT2D eigenvalue weighted by molar-refractivity contribution is -0.123. The van der Waals surface area contributed by atoms with Crippen molar-refractivity contribution < 1.29 is 23.9 Å². The van der Waals surface area contributed by atoms with Gasteiger partial charge in [0, 0.05) is 0 Å². The Kier molecular flexibility index (Phi) is 7.05. The molecule has 1 fully saturated rings. The average molecular weight is 510 g/mol. The molecule has 37 heavy (non-hydrogen) atoms. The van der Waals surface area contributed by atoms with E-state index in [1.165, 1.54) is 4.90 Å². The SMILES string of the molecule is Cc1ccc(OCCN2C(=O)S/C(=C\c3cccc(OC(=O)c4cccc5ccccc45)c3)C2=O)cc1. The lowest BCUT2D eigenvalue weighted by Crippen LogP contribution is -2.32. The van der Waals surface area contributed by atoms with E-state index >= 15 is 0 Å². The van der Waals surface area contributed by atoms with Gasteiger partial charge in [-0.2, -0.15) is 0 Å². The van der Waals surface area contributed by atoms with Gasteiger partial charge in [0.25, 0.3) is 11.1 Å². The Morgan fingerprint density at radius 2 is 1.65 bits per heavy atom. The third-order valence-corrected chi connectivity index (χ3v) is 6.76. The summed E-state index contributed by atoms with van der Waals surface area (Å²) in [4.78, 5) is 39.7. The maximum atomic E-state index is 12.9. The fraction of sp³-hybridized carbons (Fsp3) is 0.100. The molecule has 6 nitrogen and oxygen atoms in total. The third kappa shape index (κ3) is 5.57. The summed E-state index contributed by atoms with van der Waals surface area (Å²) in [6.07, 6.45) is 1.63. The number of carbonyl (C=O) groups is 3. The highest BCUT2D eigenvalue weighted by molar-refractivity contribution is 8.18. The normalized spacial score (nSPS) is 14.4. The second-order valence-corrected chi connectivity index (χ2v) is 9.48. The molecular weight excluding hydrogens is 486 g/mol. The zero-order valence-electron chi connectivity index (χ0n) is 20.0. The van der Waals surface area contributed by atoms with Gasteiger partial charge < -0.3 is 9.47 Å². The summed E-state index contributed by atoms with van der Waals surface area (Å²) in [6, 6.07) is 27.5. The van der Waals surface area contributed by atoms with Gasteiger partial charge in [-0.05, 0) is 71.4 Å². The van der Waals surface area contributed by atoms with Crippen LogP contribution in [0.25, 0.3) is 16.8 Å². The van der Waals surface area contributed by atoms with Crippen LogP contribution >= 0.6 is 11.8 Å². The molecule has 2 amide bonds. The molecule has 1 aliphatic rings. The zero-order chi connectivity index (χ0) is 25.8. The molecule has 0 N–H and O–H groups in total. The van der Waals surface area contributed by atoms with E-state index in [0.29, 0.717) is 27.5 Å². The molecule has 0 bridgehead atoms. The van der Waals surface area contributed by atoms with Gasteiger partial charge in [-0.1, -0.05) is 66.2 Å². The van der Waals surface area contributed by atoms with E-state index in [1.54, 1.807) is 36.4 Å². The van der Waals surface area contributed by atoms with E-state index in [-0.39, 0.29) is 24.3 Å². The maximum absolute atomic E-state index is 12.9. The van der Waals surface area contributed by atoms with Gasteiger partial charge in [-0.25, -0.2) is 4.79 Å². The van der Waals surface area contributed by atoms with E-state index in [0.717, 1.165) is 28.1 Å². The molecule has 184 valence electrons. The van der Waals surface area contributed by atoms with Crippen LogP contribution in [0, 0.1) is 6.92 Å². The number of hydrogen-bond acceptors (Lipinski definition) is 6. The Morgan fingerprint density at radius 1 is 0.892 bits per heavy atom. The molecule has 0 aromatic heterocycles. The molecule has 0 aliphatic carbocycles. The highest BCUT2D eigenvalue weighted by atomic mass is 32.2. The largest absolute Gasteiger partial charge is 0.492 e. The first kappa shape index (κ1) is 24.3. The Balaban J connectivity index is 1.25. The van der Waals surface area contributed by atoms with Crippen molar-refractivity contribution in [2.75, 3.05) is 13.2 Å². The lowest BCUT2D eigenvalue weighted by atomic mass is 10.0. The quantitative estimate of drug-likeness (QED) is 0.161. The van der Waals surface area contributed by atoms with Crippen molar-refractivity contribution in [3.8, 4) is 11.5 Å². The fourth-order valence-corrected chi connectivity index (χ4v) is 4.83. The predicted molar refractivity (Wildman–Crippen MR) is 145 cm³/mol. The van der Waals surface area contributed by atoms with Crippen LogP contribution in [0.15, 0.2) is 95.9 Å². The summed E-state index contributed by atoms with van der Waals surface area (Å²) in [7, 11) is 0. The average Bonchev–Trinajstić information content (AvgIpc) is 3.17. The molecule has 5 rings (SSSR count). The van der Waals surface area contributed by atoms with E-state index in [9.17, 15) is 14.4 Å². The van der Waals surface area contributed by atoms with Crippen LogP contribution in [0.5, 0.6) is 11.5 Å². The summed E-state index contributed by atoms with van der Waals surface area (Å²) >= 11 is 0.878. The monoisotopic (exact) mass is 509 g/mol. The molecule has 1 saturated heterocycles. The highest BCUT2D eigenvalue weighted by Gasteiger charge is 2.34. The number of aryl methyl sites for hydroxylation is 1. The lowest BCUT2D eigenvalue weighted by Gasteiger charge is -2.13. The Morgan fingerprint density at radius 3 is 2.49 bits per heavy atom. The summed E-state index contributed by atoms with van der Waals surface area (Å²) in [6.45, 7) is 2.34. The first-order valence-corrected chi connectivity index (χ1v) is 12.5. The molecule has 4 aromatic rings. The molecule has 1 heterocycles. The summed E-state index contributed by atoms with van der Waals surface area (Å²) in [5.74, 6) is 0.184. The van der Waals surface area contributed by atoms with Crippen molar-refractivity contribution >= 4 is 45.7 Å². The van der Waals surface area contributed by atoms with E-state index in [1.807, 2.05) is 67.6 Å². The second kappa shape index (κ2) is 10.7. The Hall–Kier alpha value is -4.36. The third-order valence-electron chi connectivity index (χ3n) is 5.85. The molecule has 0 radical (unpaired) electrons. The van der Waals surface area contributed by atoms with Crippen LogP contribution in [-0.4, -0.2) is 35.2 Å². The number of imide groups is 1. The first-order valence-electron chi connectivity index (χ1n) is 11.7. The molecule has 7 heteroatoms. The van der Waals surface area contributed by atoms with Crippen LogP contribution in [0.4, 0.5) is 4.79 Å². The number of amides is 2. The van der Waals surface area contributed by atoms with E-state index in [2.05, 4.69) is 0 Å². The number of ether oxygens (including phenoxy) is 2. The second-order valence-electron chi connectivity index (χ2n) is 8.48. The molecule has 1 aliphatic heterocycles. The molecule has 0 spiro atoms. The number of nitrogens with zero attached hydrogens (tertiary/aromatic N) is 1. The molecule has 0 unspecified atom stereocenters. The van der Waals surface area contributed by atoms with Gasteiger partial charge >= 0.3 is 5.97 Å². The minimum atomic E-state index is -0.470. The number of esters is 1. The minimum Gasteiger partial charge on any atom is -0.492 e. The van der Waals surface area contributed by atoms with E-state index in [4.69, 9.17) is 9.47 Å². The minimum absolute atomic E-state index is 0.151. The standard InChI is InChI=1S/C30H23NO5S/c1-20-12-14-23(15-13-20)35-17-16-31-28(32)27(37-30(31)34)19-21-6-4-9-24(18-21)36-29(33)26-11-5-8-22-7-2-3-10-25(22)26/h2-15,18-19H,16-17H2,1H3/b27-19-. The molecule has 4 aromatic carbocycles. The van der Waals surface area contributed by atoms with Crippen LogP contribution < -0.4 is 9.47 Å². The summed E-state index contributed by atoms with van der Waals surface area (Å²) < 4.78 is 11.3. The van der Waals surface area contributed by atoms with Crippen LogP contribution in [0.1, 0.15) is 21.5 Å². The summed E-state index contributed by atoms with van der Waals surface area (Å²) in [5, 5.41) is 1.42. The predicted octanol–water partition coefficient (Wildman–Crippen LogP) is 6.48. The van der Waals surface area contributed by atoms with Crippen molar-refractivity contribution in [2.45, 2.75) is 6.92 Å². The highest BCUT2D eigenvalue weighted by Crippen LogP contribution is 2.32. The van der Waals surface area contributed by atoms with Crippen molar-refractivity contribution in [1.82, 2.24) is 4.90 Å². The van der Waals surface area contributed by atoms with Gasteiger partial charge in [0.1, 0.15) is 18.1 Å². The topological polar surface area (TPSA) is 72.9 Å². The number of carbonyl (C=O) groups excluding carboxylic acids is 3. The van der Waals surface area contributed by atoms with Crippen molar-refractivity contribution in [2.24, 2.45) is 0 Å². The van der Waals surface area contributed by atoms with Crippen molar-refractivity contribution in [3.05, 3.63) is 113 Å². The number of rotatable bonds is 7. The van der Waals surface area contributed by atoms with Gasteiger partial charge in [0.2, 0.25) is 0 Å². The summed E-state index contributed by atoms with van der Waals surface area (Å²) in [5.41, 5.74) is 2.23. The molecule has 0 atom stereocenters. The fourth-order valence-electron chi connectivity index (χ4n) is 3.97. The maximum Gasteiger partial charge on any atom is 0.344 e. The number of thioether (sulfide) groups is 1. The number of fused-ring (bicyclic) bond motifs is 1. The van der Waals surface area contributed by atoms with Crippen LogP contribution in [0.3, 0.4) is 0 Å². The molecule has 0 saturated carbocycles. The van der Waals surface area contributed by atoms with Gasteiger partial charge in [0.05, 0.1) is 17.0 Å². The van der Waals surface area contributed by atoms with Crippen LogP contribution in [-0.2, 0) is 4.79 Å². The number of hydrogen-bond donors (Lipinski definition) is 0. The van der Waals surface area contributed by atoms with Crippen molar-refractivity contribution in [1.29, 1.82) is 0 Å². The number of benzene rings is 4. The first-order chi connectivity index (χ1) is 18.0. The Labute approximate surface area is 218 Å². The van der Waals surface area contributed by atoms with Crippen molar-refractivity contribution in [3.63, 3.8) is 0 Å². The smallest absolute Gasteiger partial charge is 0.344 e. The van der Waals surface area contributed by atoms with Gasteiger partial charge in [0.15, 0.2) is 0 Å². The van der Waals surface area contributed by atoms with Gasteiger partial charge in [-0.15, -0.1) is 0 Å². The molecular formula is C30H23NO5S. The van der Waals surface area contributed by atoms with E-state index < -0.39 is 5.97 Å². The van der Waals surface area contributed by atoms with Crippen LogP contribution in [0.2, 0.25) is 0 Å². The van der Waals surface area contributed by atoms with Gasteiger partial charge in [-0.3, -0.25) is 14.5 Å². The Bertz CT molecular complexity index is 1520. The zero-order valence-corrected chi connectivity index (χ0v) is 20.9.